The van der Waals surface area contributed by atoms with E-state index in [1.807, 2.05) is 6.92 Å². The van der Waals surface area contributed by atoms with E-state index < -0.39 is 34.9 Å². The number of nitro groups is 1. The highest BCUT2D eigenvalue weighted by atomic mass is 16.6. The summed E-state index contributed by atoms with van der Waals surface area (Å²) in [6, 6.07) is 3.17. The molecule has 150 valence electrons. The average Bonchev–Trinajstić information content (AvgIpc) is 2.89. The number of carbonyl (C=O) groups excluding carboxylic acids is 3. The molecule has 1 heterocycles. The standard InChI is InChI=1S/C18H22N4O6/c1-11-5-3-4-8-18(11)16(24)21(17(25)20-18)10-15(23)19-13-9-12(22(26)27)6-7-14(13)28-2/h6-7,9,11H,3-5,8,10H2,1-2H3,(H,19,23)(H,20,25)/t11-,18-/m1/s1. The molecule has 1 aliphatic heterocycles. The number of amides is 4. The number of ether oxygens (including phenoxy) is 1. The summed E-state index contributed by atoms with van der Waals surface area (Å²) in [4.78, 5) is 49.0. The highest BCUT2D eigenvalue weighted by Crippen LogP contribution is 2.38. The maximum absolute atomic E-state index is 12.9. The third kappa shape index (κ3) is 3.37. The Hall–Kier alpha value is -3.17. The lowest BCUT2D eigenvalue weighted by Crippen LogP contribution is -2.54. The number of anilines is 1. The van der Waals surface area contributed by atoms with Gasteiger partial charge in [-0.25, -0.2) is 4.79 Å². The Kier molecular flexibility index (Phi) is 5.21. The summed E-state index contributed by atoms with van der Waals surface area (Å²) in [6.07, 6.45) is 3.22. The van der Waals surface area contributed by atoms with Crippen LogP contribution < -0.4 is 15.4 Å². The maximum Gasteiger partial charge on any atom is 0.325 e. The smallest absolute Gasteiger partial charge is 0.325 e. The quantitative estimate of drug-likeness (QED) is 0.449. The third-order valence-corrected chi connectivity index (χ3v) is 5.47. The molecule has 28 heavy (non-hydrogen) atoms. The average molecular weight is 390 g/mol. The van der Waals surface area contributed by atoms with Crippen molar-refractivity contribution in [2.24, 2.45) is 5.92 Å². The predicted octanol–water partition coefficient (Wildman–Crippen LogP) is 2.04. The molecule has 1 saturated carbocycles. The molecule has 1 aromatic rings. The van der Waals surface area contributed by atoms with E-state index in [0.29, 0.717) is 6.42 Å². The molecule has 10 nitrogen and oxygen atoms in total. The van der Waals surface area contributed by atoms with Crippen LogP contribution in [0.15, 0.2) is 18.2 Å². The van der Waals surface area contributed by atoms with Crippen LogP contribution in [-0.4, -0.2) is 46.9 Å². The molecule has 0 radical (unpaired) electrons. The van der Waals surface area contributed by atoms with Crippen molar-refractivity contribution in [2.45, 2.75) is 38.1 Å². The Morgan fingerprint density at radius 3 is 2.82 bits per heavy atom. The molecule has 3 rings (SSSR count). The van der Waals surface area contributed by atoms with Gasteiger partial charge in [0.1, 0.15) is 17.8 Å². The van der Waals surface area contributed by atoms with Crippen LogP contribution in [0.25, 0.3) is 0 Å². The third-order valence-electron chi connectivity index (χ3n) is 5.47. The van der Waals surface area contributed by atoms with Gasteiger partial charge in [0.25, 0.3) is 11.6 Å². The fraction of sp³-hybridized carbons (Fsp3) is 0.500. The molecule has 2 N–H and O–H groups in total. The van der Waals surface area contributed by atoms with E-state index in [2.05, 4.69) is 10.6 Å². The van der Waals surface area contributed by atoms with Crippen LogP contribution in [0.2, 0.25) is 0 Å². The lowest BCUT2D eigenvalue weighted by molar-refractivity contribution is -0.384. The van der Waals surface area contributed by atoms with Gasteiger partial charge in [0.05, 0.1) is 17.7 Å². The SMILES string of the molecule is COc1ccc([N+](=O)[O-])cc1NC(=O)CN1C(=O)N[C@@]2(CCCC[C@H]2C)C1=O. The van der Waals surface area contributed by atoms with Gasteiger partial charge in [-0.1, -0.05) is 19.8 Å². The molecular weight excluding hydrogens is 368 g/mol. The van der Waals surface area contributed by atoms with E-state index in [1.165, 1.54) is 19.2 Å². The number of benzene rings is 1. The molecule has 1 spiro atoms. The van der Waals surface area contributed by atoms with Crippen LogP contribution in [0.4, 0.5) is 16.2 Å². The zero-order valence-electron chi connectivity index (χ0n) is 15.7. The zero-order chi connectivity index (χ0) is 20.5. The lowest BCUT2D eigenvalue weighted by Gasteiger charge is -2.36. The number of nitro benzene ring substituents is 1. The number of methoxy groups -OCH3 is 1. The summed E-state index contributed by atoms with van der Waals surface area (Å²) < 4.78 is 5.10. The number of non-ortho nitro benzene ring substituents is 1. The van der Waals surface area contributed by atoms with Crippen LogP contribution >= 0.6 is 0 Å². The molecule has 2 aliphatic rings. The highest BCUT2D eigenvalue weighted by molar-refractivity contribution is 6.10. The molecule has 0 aromatic heterocycles. The van der Waals surface area contributed by atoms with Crippen molar-refractivity contribution < 1.29 is 24.0 Å². The summed E-state index contributed by atoms with van der Waals surface area (Å²) in [5.41, 5.74) is -1.07. The van der Waals surface area contributed by atoms with E-state index in [0.717, 1.165) is 30.2 Å². The van der Waals surface area contributed by atoms with Crippen molar-refractivity contribution in [1.29, 1.82) is 0 Å². The summed E-state index contributed by atoms with van der Waals surface area (Å²) in [7, 11) is 1.36. The fourth-order valence-corrected chi connectivity index (χ4v) is 3.88. The normalized spacial score (nSPS) is 24.2. The number of carbonyl (C=O) groups is 3. The largest absolute Gasteiger partial charge is 0.495 e. The molecule has 0 bridgehead atoms. The maximum atomic E-state index is 12.9. The van der Waals surface area contributed by atoms with Gasteiger partial charge in [-0.05, 0) is 24.8 Å². The number of imide groups is 1. The number of rotatable bonds is 5. The van der Waals surface area contributed by atoms with E-state index >= 15 is 0 Å². The van der Waals surface area contributed by atoms with Crippen molar-refractivity contribution >= 4 is 29.2 Å². The van der Waals surface area contributed by atoms with E-state index in [1.54, 1.807) is 0 Å². The first-order chi connectivity index (χ1) is 13.3. The summed E-state index contributed by atoms with van der Waals surface area (Å²) >= 11 is 0. The Bertz CT molecular complexity index is 841. The molecule has 1 saturated heterocycles. The molecule has 1 aromatic carbocycles. The second-order valence-electron chi connectivity index (χ2n) is 7.13. The fourth-order valence-electron chi connectivity index (χ4n) is 3.88. The monoisotopic (exact) mass is 390 g/mol. The van der Waals surface area contributed by atoms with Crippen molar-refractivity contribution in [1.82, 2.24) is 10.2 Å². The number of hydrogen-bond acceptors (Lipinski definition) is 6. The number of urea groups is 1. The van der Waals surface area contributed by atoms with Crippen molar-refractivity contribution in [3.05, 3.63) is 28.3 Å². The second-order valence-corrected chi connectivity index (χ2v) is 7.13. The minimum atomic E-state index is -0.946. The van der Waals surface area contributed by atoms with E-state index in [4.69, 9.17) is 4.74 Å². The van der Waals surface area contributed by atoms with Gasteiger partial charge >= 0.3 is 6.03 Å². The summed E-state index contributed by atoms with van der Waals surface area (Å²) in [6.45, 7) is 1.44. The highest BCUT2D eigenvalue weighted by Gasteiger charge is 2.55. The van der Waals surface area contributed by atoms with Crippen LogP contribution in [0.5, 0.6) is 5.75 Å². The Morgan fingerprint density at radius 1 is 1.43 bits per heavy atom. The minimum absolute atomic E-state index is 0.0115. The molecular formula is C18H22N4O6. The molecule has 1 aliphatic carbocycles. The van der Waals surface area contributed by atoms with Crippen molar-refractivity contribution in [3.63, 3.8) is 0 Å². The van der Waals surface area contributed by atoms with Gasteiger partial charge in [-0.2, -0.15) is 0 Å². The van der Waals surface area contributed by atoms with Crippen LogP contribution in [0, 0.1) is 16.0 Å². The number of nitrogens with zero attached hydrogens (tertiary/aromatic N) is 2. The summed E-state index contributed by atoms with van der Waals surface area (Å²) in [5, 5.41) is 16.2. The predicted molar refractivity (Wildman–Crippen MR) is 98.9 cm³/mol. The van der Waals surface area contributed by atoms with Crippen LogP contribution in [0.1, 0.15) is 32.6 Å². The van der Waals surface area contributed by atoms with Gasteiger partial charge in [0.2, 0.25) is 5.91 Å². The van der Waals surface area contributed by atoms with Crippen molar-refractivity contribution in [2.75, 3.05) is 19.0 Å². The second kappa shape index (κ2) is 7.45. The number of nitrogens with one attached hydrogen (secondary N) is 2. The number of hydrogen-bond donors (Lipinski definition) is 2. The van der Waals surface area contributed by atoms with Gasteiger partial charge in [0, 0.05) is 12.1 Å². The molecule has 2 atom stereocenters. The first-order valence-electron chi connectivity index (χ1n) is 9.05. The van der Waals surface area contributed by atoms with Gasteiger partial charge in [-0.3, -0.25) is 24.6 Å². The molecule has 4 amide bonds. The molecule has 0 unspecified atom stereocenters. The Morgan fingerprint density at radius 2 is 2.18 bits per heavy atom. The Balaban J connectivity index is 1.75. The van der Waals surface area contributed by atoms with Gasteiger partial charge in [-0.15, -0.1) is 0 Å². The molecule has 10 heteroatoms. The minimum Gasteiger partial charge on any atom is -0.495 e. The first kappa shape index (κ1) is 19.6. The van der Waals surface area contributed by atoms with E-state index in [9.17, 15) is 24.5 Å². The van der Waals surface area contributed by atoms with Crippen molar-refractivity contribution in [3.8, 4) is 5.75 Å². The topological polar surface area (TPSA) is 131 Å². The van der Waals surface area contributed by atoms with Gasteiger partial charge < -0.3 is 15.4 Å². The molecule has 2 fully saturated rings. The Labute approximate surface area is 161 Å². The first-order valence-corrected chi connectivity index (χ1v) is 9.05. The zero-order valence-corrected chi connectivity index (χ0v) is 15.7. The van der Waals surface area contributed by atoms with Crippen LogP contribution in [0.3, 0.4) is 0 Å². The van der Waals surface area contributed by atoms with Gasteiger partial charge in [0.15, 0.2) is 0 Å². The lowest BCUT2D eigenvalue weighted by atomic mass is 9.73. The summed E-state index contributed by atoms with van der Waals surface area (Å²) in [5.74, 6) is -0.829. The van der Waals surface area contributed by atoms with E-state index in [-0.39, 0.29) is 23.0 Å². The van der Waals surface area contributed by atoms with Crippen LogP contribution in [-0.2, 0) is 9.59 Å².